The maximum Gasteiger partial charge on any atom is 0.162 e. The van der Waals surface area contributed by atoms with Crippen molar-refractivity contribution in [1.82, 2.24) is 0 Å². The highest BCUT2D eigenvalue weighted by Gasteiger charge is 2.42. The Bertz CT molecular complexity index is 383. The van der Waals surface area contributed by atoms with Gasteiger partial charge in [0.25, 0.3) is 0 Å². The molecule has 0 aromatic heterocycles. The molecule has 5 heteroatoms. The molecule has 0 spiro atoms. The summed E-state index contributed by atoms with van der Waals surface area (Å²) in [5.41, 5.74) is 0. The second kappa shape index (κ2) is 4.35. The molecule has 3 unspecified atom stereocenters. The number of hydrogen-bond donors (Lipinski definition) is 1. The van der Waals surface area contributed by atoms with Gasteiger partial charge in [-0.15, -0.1) is 0 Å². The predicted molar refractivity (Wildman–Crippen MR) is 52.2 cm³/mol. The Morgan fingerprint density at radius 3 is 2.62 bits per heavy atom. The summed E-state index contributed by atoms with van der Waals surface area (Å²) in [4.78, 5) is 0. The highest BCUT2D eigenvalue weighted by molar-refractivity contribution is 5.24. The molecule has 2 rings (SSSR count). The zero-order chi connectivity index (χ0) is 11.7. The molecule has 16 heavy (non-hydrogen) atoms. The van der Waals surface area contributed by atoms with Crippen LogP contribution in [-0.2, 0) is 4.74 Å². The summed E-state index contributed by atoms with van der Waals surface area (Å²) in [5.74, 6) is -1.63. The summed E-state index contributed by atoms with van der Waals surface area (Å²) in [6.45, 7) is 0. The third-order valence-electron chi connectivity index (χ3n) is 2.67. The summed E-state index contributed by atoms with van der Waals surface area (Å²) in [5, 5.41) is 9.32. The van der Waals surface area contributed by atoms with E-state index in [1.165, 1.54) is 13.2 Å². The smallest absolute Gasteiger partial charge is 0.162 e. The number of aliphatic hydroxyl groups is 1. The van der Waals surface area contributed by atoms with Gasteiger partial charge < -0.3 is 14.6 Å². The molecule has 0 amide bonds. The third-order valence-corrected chi connectivity index (χ3v) is 2.67. The molecular weight excluding hydrogens is 218 g/mol. The SMILES string of the molecule is COC1C(O)CC1Oc1ccc(F)c(F)c1. The van der Waals surface area contributed by atoms with E-state index in [0.29, 0.717) is 6.42 Å². The number of methoxy groups -OCH3 is 1. The first-order valence-corrected chi connectivity index (χ1v) is 4.94. The second-order valence-electron chi connectivity index (χ2n) is 3.74. The Kier molecular flexibility index (Phi) is 3.07. The minimum atomic E-state index is -0.952. The lowest BCUT2D eigenvalue weighted by molar-refractivity contribution is -0.149. The van der Waals surface area contributed by atoms with Crippen LogP contribution in [0.5, 0.6) is 5.75 Å². The average molecular weight is 230 g/mol. The Balaban J connectivity index is 2.02. The van der Waals surface area contributed by atoms with Gasteiger partial charge in [0.2, 0.25) is 0 Å². The molecule has 3 nitrogen and oxygen atoms in total. The van der Waals surface area contributed by atoms with E-state index in [0.717, 1.165) is 12.1 Å². The van der Waals surface area contributed by atoms with Gasteiger partial charge in [0.1, 0.15) is 18.0 Å². The zero-order valence-electron chi connectivity index (χ0n) is 8.69. The number of ether oxygens (including phenoxy) is 2. The predicted octanol–water partition coefficient (Wildman–Crippen LogP) is 1.49. The average Bonchev–Trinajstić information content (AvgIpc) is 2.23. The van der Waals surface area contributed by atoms with E-state index >= 15 is 0 Å². The van der Waals surface area contributed by atoms with E-state index in [1.54, 1.807) is 0 Å². The van der Waals surface area contributed by atoms with Crippen molar-refractivity contribution in [2.45, 2.75) is 24.7 Å². The first-order chi connectivity index (χ1) is 7.61. The van der Waals surface area contributed by atoms with E-state index < -0.39 is 23.8 Å². The molecule has 88 valence electrons. The maximum absolute atomic E-state index is 12.9. The largest absolute Gasteiger partial charge is 0.487 e. The highest BCUT2D eigenvalue weighted by atomic mass is 19.2. The highest BCUT2D eigenvalue weighted by Crippen LogP contribution is 2.29. The molecule has 0 aliphatic heterocycles. The maximum atomic E-state index is 12.9. The Morgan fingerprint density at radius 1 is 1.31 bits per heavy atom. The van der Waals surface area contributed by atoms with Crippen molar-refractivity contribution < 1.29 is 23.4 Å². The molecule has 1 saturated carbocycles. The van der Waals surface area contributed by atoms with E-state index in [2.05, 4.69) is 0 Å². The third kappa shape index (κ3) is 2.01. The molecule has 1 fully saturated rings. The van der Waals surface area contributed by atoms with E-state index in [4.69, 9.17) is 9.47 Å². The lowest BCUT2D eigenvalue weighted by Crippen LogP contribution is -2.54. The van der Waals surface area contributed by atoms with Crippen molar-refractivity contribution in [3.63, 3.8) is 0 Å². The number of benzene rings is 1. The molecule has 3 atom stereocenters. The van der Waals surface area contributed by atoms with Crippen LogP contribution in [0.3, 0.4) is 0 Å². The fourth-order valence-corrected chi connectivity index (χ4v) is 1.71. The number of rotatable bonds is 3. The van der Waals surface area contributed by atoms with Crippen molar-refractivity contribution in [2.24, 2.45) is 0 Å². The van der Waals surface area contributed by atoms with Crippen molar-refractivity contribution in [2.75, 3.05) is 7.11 Å². The van der Waals surface area contributed by atoms with E-state index in [9.17, 15) is 13.9 Å². The Labute approximate surface area is 91.6 Å². The van der Waals surface area contributed by atoms with Gasteiger partial charge in [-0.1, -0.05) is 0 Å². The van der Waals surface area contributed by atoms with Crippen LogP contribution in [0.1, 0.15) is 6.42 Å². The molecule has 1 aromatic rings. The zero-order valence-corrected chi connectivity index (χ0v) is 8.69. The van der Waals surface area contributed by atoms with Gasteiger partial charge >= 0.3 is 0 Å². The van der Waals surface area contributed by atoms with Crippen LogP contribution < -0.4 is 4.74 Å². The molecule has 0 heterocycles. The number of aliphatic hydroxyl groups excluding tert-OH is 1. The van der Waals surface area contributed by atoms with Gasteiger partial charge in [-0.05, 0) is 12.1 Å². The van der Waals surface area contributed by atoms with Crippen LogP contribution in [0.2, 0.25) is 0 Å². The monoisotopic (exact) mass is 230 g/mol. The van der Waals surface area contributed by atoms with E-state index in [-0.39, 0.29) is 11.9 Å². The van der Waals surface area contributed by atoms with Crippen LogP contribution in [0.4, 0.5) is 8.78 Å². The van der Waals surface area contributed by atoms with Gasteiger partial charge in [0.15, 0.2) is 11.6 Å². The van der Waals surface area contributed by atoms with Crippen LogP contribution in [0, 0.1) is 11.6 Å². The molecule has 1 aliphatic rings. The molecule has 1 aromatic carbocycles. The van der Waals surface area contributed by atoms with Gasteiger partial charge in [0, 0.05) is 19.6 Å². The summed E-state index contributed by atoms with van der Waals surface area (Å²) >= 11 is 0. The summed E-state index contributed by atoms with van der Waals surface area (Å²) in [7, 11) is 1.47. The van der Waals surface area contributed by atoms with Gasteiger partial charge in [-0.25, -0.2) is 8.78 Å². The fourth-order valence-electron chi connectivity index (χ4n) is 1.71. The van der Waals surface area contributed by atoms with E-state index in [1.807, 2.05) is 0 Å². The van der Waals surface area contributed by atoms with Gasteiger partial charge in [-0.3, -0.25) is 0 Å². The summed E-state index contributed by atoms with van der Waals surface area (Å²) in [6, 6.07) is 3.32. The molecule has 1 aliphatic carbocycles. The lowest BCUT2D eigenvalue weighted by atomic mass is 9.88. The van der Waals surface area contributed by atoms with Crippen LogP contribution in [0.15, 0.2) is 18.2 Å². The summed E-state index contributed by atoms with van der Waals surface area (Å²) in [6.07, 6.45) is -0.851. The minimum Gasteiger partial charge on any atom is -0.487 e. The molecule has 1 N–H and O–H groups in total. The van der Waals surface area contributed by atoms with Gasteiger partial charge in [-0.2, -0.15) is 0 Å². The number of hydrogen-bond acceptors (Lipinski definition) is 3. The lowest BCUT2D eigenvalue weighted by Gasteiger charge is -2.39. The normalized spacial score (nSPS) is 28.6. The minimum absolute atomic E-state index is 0.234. The standard InChI is InChI=1S/C11H12F2O3/c1-15-11-9(14)5-10(11)16-6-2-3-7(12)8(13)4-6/h2-4,9-11,14H,5H2,1H3. The quantitative estimate of drug-likeness (QED) is 0.855. The van der Waals surface area contributed by atoms with Crippen LogP contribution in [0.25, 0.3) is 0 Å². The second-order valence-corrected chi connectivity index (χ2v) is 3.74. The first-order valence-electron chi connectivity index (χ1n) is 4.94. The Hall–Kier alpha value is -1.20. The summed E-state index contributed by atoms with van der Waals surface area (Å²) < 4.78 is 35.9. The molecular formula is C11H12F2O3. The van der Waals surface area contributed by atoms with Crippen molar-refractivity contribution in [1.29, 1.82) is 0 Å². The van der Waals surface area contributed by atoms with Crippen molar-refractivity contribution in [3.8, 4) is 5.75 Å². The van der Waals surface area contributed by atoms with Crippen LogP contribution >= 0.6 is 0 Å². The topological polar surface area (TPSA) is 38.7 Å². The molecule has 0 radical (unpaired) electrons. The van der Waals surface area contributed by atoms with Crippen LogP contribution in [-0.4, -0.2) is 30.5 Å². The van der Waals surface area contributed by atoms with Gasteiger partial charge in [0.05, 0.1) is 6.10 Å². The number of halogens is 2. The molecule has 0 bridgehead atoms. The first kappa shape index (κ1) is 11.3. The Morgan fingerprint density at radius 2 is 2.06 bits per heavy atom. The molecule has 0 saturated heterocycles. The van der Waals surface area contributed by atoms with Crippen molar-refractivity contribution in [3.05, 3.63) is 29.8 Å². The fraction of sp³-hybridized carbons (Fsp3) is 0.455. The van der Waals surface area contributed by atoms with Crippen molar-refractivity contribution >= 4 is 0 Å².